The summed E-state index contributed by atoms with van der Waals surface area (Å²) in [7, 11) is 0. The van der Waals surface area contributed by atoms with Crippen LogP contribution >= 0.6 is 0 Å². The summed E-state index contributed by atoms with van der Waals surface area (Å²) >= 11 is 0. The van der Waals surface area contributed by atoms with Crippen molar-refractivity contribution in [2.24, 2.45) is 0 Å². The summed E-state index contributed by atoms with van der Waals surface area (Å²) in [6, 6.07) is 25.4. The second kappa shape index (κ2) is 5.52. The van der Waals surface area contributed by atoms with Gasteiger partial charge < -0.3 is 11.5 Å². The van der Waals surface area contributed by atoms with Crippen LogP contribution in [0, 0.1) is 0 Å². The molecular weight excluding hydrogens is 304 g/mol. The fourth-order valence-electron chi connectivity index (χ4n) is 3.47. The third-order valence-corrected chi connectivity index (χ3v) is 5.17. The van der Waals surface area contributed by atoms with Gasteiger partial charge in [-0.15, -0.1) is 0 Å². The molecule has 0 saturated heterocycles. The molecule has 124 valence electrons. The maximum Gasteiger partial charge on any atom is 0.0320 e. The zero-order valence-electron chi connectivity index (χ0n) is 14.6. The van der Waals surface area contributed by atoms with E-state index in [4.69, 9.17) is 11.5 Å². The van der Waals surface area contributed by atoms with Gasteiger partial charge in [-0.1, -0.05) is 62.4 Å². The van der Waals surface area contributed by atoms with E-state index in [-0.39, 0.29) is 5.41 Å². The van der Waals surface area contributed by atoms with Crippen molar-refractivity contribution in [1.82, 2.24) is 0 Å². The highest BCUT2D eigenvalue weighted by Crippen LogP contribution is 2.35. The van der Waals surface area contributed by atoms with Crippen LogP contribution < -0.4 is 11.5 Å². The monoisotopic (exact) mass is 326 g/mol. The molecule has 0 aromatic heterocycles. The second-order valence-electron chi connectivity index (χ2n) is 7.27. The molecule has 2 nitrogen and oxygen atoms in total. The summed E-state index contributed by atoms with van der Waals surface area (Å²) < 4.78 is 0. The van der Waals surface area contributed by atoms with Crippen LogP contribution in [0.25, 0.3) is 21.5 Å². The Balaban J connectivity index is 1.83. The van der Waals surface area contributed by atoms with Crippen LogP contribution in [0.1, 0.15) is 25.0 Å². The molecule has 0 fully saturated rings. The summed E-state index contributed by atoms with van der Waals surface area (Å²) in [6.45, 7) is 4.54. The highest BCUT2D eigenvalue weighted by Gasteiger charge is 2.23. The molecule has 0 unspecified atom stereocenters. The molecule has 0 heterocycles. The Morgan fingerprint density at radius 1 is 0.520 bits per heavy atom. The summed E-state index contributed by atoms with van der Waals surface area (Å²) in [4.78, 5) is 0. The topological polar surface area (TPSA) is 52.0 Å². The largest absolute Gasteiger partial charge is 0.399 e. The van der Waals surface area contributed by atoms with Crippen molar-refractivity contribution in [1.29, 1.82) is 0 Å². The first-order chi connectivity index (χ1) is 11.9. The molecule has 0 aliphatic heterocycles. The number of nitrogens with two attached hydrogens (primary N) is 2. The molecule has 4 aromatic rings. The second-order valence-corrected chi connectivity index (χ2v) is 7.27. The average molecular weight is 326 g/mol. The Hall–Kier alpha value is -3.00. The van der Waals surface area contributed by atoms with Crippen LogP contribution in [0.3, 0.4) is 0 Å². The van der Waals surface area contributed by atoms with Crippen LogP contribution in [0.4, 0.5) is 11.4 Å². The van der Waals surface area contributed by atoms with E-state index in [1.807, 2.05) is 24.3 Å². The van der Waals surface area contributed by atoms with Gasteiger partial charge in [0.2, 0.25) is 0 Å². The van der Waals surface area contributed by atoms with Gasteiger partial charge in [-0.3, -0.25) is 0 Å². The predicted molar refractivity (Wildman–Crippen MR) is 109 cm³/mol. The maximum absolute atomic E-state index is 5.89. The molecule has 0 aliphatic rings. The van der Waals surface area contributed by atoms with E-state index in [0.717, 1.165) is 11.4 Å². The van der Waals surface area contributed by atoms with E-state index < -0.39 is 0 Å². The van der Waals surface area contributed by atoms with Crippen molar-refractivity contribution in [3.05, 3.63) is 83.9 Å². The van der Waals surface area contributed by atoms with Gasteiger partial charge in [0, 0.05) is 16.8 Å². The fourth-order valence-corrected chi connectivity index (χ4v) is 3.47. The maximum atomic E-state index is 5.89. The highest BCUT2D eigenvalue weighted by molar-refractivity contribution is 5.87. The summed E-state index contributed by atoms with van der Waals surface area (Å²) in [6.07, 6.45) is 0. The predicted octanol–water partition coefficient (Wildman–Crippen LogP) is 5.48. The van der Waals surface area contributed by atoms with E-state index in [9.17, 15) is 0 Å². The number of fused-ring (bicyclic) bond motifs is 2. The molecule has 2 heteroatoms. The molecule has 0 saturated carbocycles. The highest BCUT2D eigenvalue weighted by atomic mass is 14.5. The number of hydrogen-bond acceptors (Lipinski definition) is 2. The van der Waals surface area contributed by atoms with Gasteiger partial charge >= 0.3 is 0 Å². The molecule has 0 radical (unpaired) electrons. The SMILES string of the molecule is CC(C)(c1ccc2cc(N)ccc2c1)c1ccc2cc(N)ccc2c1. The van der Waals surface area contributed by atoms with Gasteiger partial charge in [0.15, 0.2) is 0 Å². The normalized spacial score (nSPS) is 11.9. The lowest BCUT2D eigenvalue weighted by Crippen LogP contribution is -2.18. The van der Waals surface area contributed by atoms with Gasteiger partial charge in [0.05, 0.1) is 0 Å². The number of rotatable bonds is 2. The molecule has 4 aromatic carbocycles. The van der Waals surface area contributed by atoms with Crippen molar-refractivity contribution in [2.45, 2.75) is 19.3 Å². The van der Waals surface area contributed by atoms with E-state index in [0.29, 0.717) is 0 Å². The molecule has 0 bridgehead atoms. The molecule has 0 atom stereocenters. The zero-order valence-corrected chi connectivity index (χ0v) is 14.6. The van der Waals surface area contributed by atoms with Gasteiger partial charge in [-0.25, -0.2) is 0 Å². The lowest BCUT2D eigenvalue weighted by molar-refractivity contribution is 0.643. The molecule has 0 amide bonds. The fraction of sp³-hybridized carbons (Fsp3) is 0.130. The van der Waals surface area contributed by atoms with Crippen LogP contribution in [0.5, 0.6) is 0 Å². The van der Waals surface area contributed by atoms with Gasteiger partial charge in [0.25, 0.3) is 0 Å². The zero-order chi connectivity index (χ0) is 17.6. The van der Waals surface area contributed by atoms with Crippen molar-refractivity contribution >= 4 is 32.9 Å². The van der Waals surface area contributed by atoms with E-state index in [1.165, 1.54) is 32.7 Å². The Bertz CT molecular complexity index is 1010. The first-order valence-electron chi connectivity index (χ1n) is 8.53. The minimum absolute atomic E-state index is 0.0921. The Labute approximate surface area is 148 Å². The average Bonchev–Trinajstić information content (AvgIpc) is 2.60. The quantitative estimate of drug-likeness (QED) is 0.479. The van der Waals surface area contributed by atoms with Gasteiger partial charge in [-0.05, 0) is 56.9 Å². The summed E-state index contributed by atoms with van der Waals surface area (Å²) in [5.74, 6) is 0. The minimum atomic E-state index is -0.0921. The standard InChI is InChI=1S/C23H22N2/c1-23(2,19-7-3-17-13-21(24)9-5-15(17)11-19)20-8-4-18-14-22(25)10-6-16(18)12-20/h3-14H,24-25H2,1-2H3. The molecule has 4 N–H and O–H groups in total. The van der Waals surface area contributed by atoms with E-state index >= 15 is 0 Å². The third kappa shape index (κ3) is 2.70. The van der Waals surface area contributed by atoms with Crippen molar-refractivity contribution < 1.29 is 0 Å². The number of hydrogen-bond donors (Lipinski definition) is 2. The van der Waals surface area contributed by atoms with E-state index in [1.54, 1.807) is 0 Å². The number of nitrogen functional groups attached to an aromatic ring is 2. The van der Waals surface area contributed by atoms with Crippen molar-refractivity contribution in [2.75, 3.05) is 11.5 Å². The van der Waals surface area contributed by atoms with E-state index in [2.05, 4.69) is 62.4 Å². The minimum Gasteiger partial charge on any atom is -0.399 e. The lowest BCUT2D eigenvalue weighted by atomic mass is 9.77. The third-order valence-electron chi connectivity index (χ3n) is 5.17. The van der Waals surface area contributed by atoms with Crippen LogP contribution in [-0.2, 0) is 5.41 Å². The number of benzene rings is 4. The Morgan fingerprint density at radius 2 is 0.880 bits per heavy atom. The van der Waals surface area contributed by atoms with Crippen LogP contribution in [0.15, 0.2) is 72.8 Å². The van der Waals surface area contributed by atoms with Crippen LogP contribution in [0.2, 0.25) is 0 Å². The van der Waals surface area contributed by atoms with Gasteiger partial charge in [-0.2, -0.15) is 0 Å². The van der Waals surface area contributed by atoms with Crippen molar-refractivity contribution in [3.63, 3.8) is 0 Å². The Kier molecular flexibility index (Phi) is 3.43. The molecule has 0 spiro atoms. The Morgan fingerprint density at radius 3 is 1.32 bits per heavy atom. The number of anilines is 2. The van der Waals surface area contributed by atoms with Crippen molar-refractivity contribution in [3.8, 4) is 0 Å². The molecule has 0 aliphatic carbocycles. The summed E-state index contributed by atoms with van der Waals surface area (Å²) in [5.41, 5.74) is 15.9. The van der Waals surface area contributed by atoms with Gasteiger partial charge in [0.1, 0.15) is 0 Å². The molecular formula is C23H22N2. The molecule has 25 heavy (non-hydrogen) atoms. The first-order valence-corrected chi connectivity index (χ1v) is 8.53. The molecule has 4 rings (SSSR count). The lowest BCUT2D eigenvalue weighted by Gasteiger charge is -2.27. The first kappa shape index (κ1) is 15.5. The smallest absolute Gasteiger partial charge is 0.0320 e. The van der Waals surface area contributed by atoms with Crippen LogP contribution in [-0.4, -0.2) is 0 Å². The summed E-state index contributed by atoms with van der Waals surface area (Å²) in [5, 5.41) is 4.78.